The number of nitrogens with zero attached hydrogens (tertiary/aromatic N) is 2. The van der Waals surface area contributed by atoms with Gasteiger partial charge in [0, 0.05) is 17.2 Å². The summed E-state index contributed by atoms with van der Waals surface area (Å²) in [7, 11) is 1.61. The number of aromatic nitrogens is 2. The maximum atomic E-state index is 12.5. The van der Waals surface area contributed by atoms with Crippen molar-refractivity contribution in [3.63, 3.8) is 0 Å². The highest BCUT2D eigenvalue weighted by Gasteiger charge is 2.21. The van der Waals surface area contributed by atoms with Gasteiger partial charge in [0.25, 0.3) is 5.89 Å². The molecule has 0 spiro atoms. The molecule has 0 bridgehead atoms. The van der Waals surface area contributed by atoms with Gasteiger partial charge in [0.1, 0.15) is 5.75 Å². The van der Waals surface area contributed by atoms with Crippen LogP contribution in [0.1, 0.15) is 32.1 Å². The third-order valence-electron chi connectivity index (χ3n) is 5.13. The van der Waals surface area contributed by atoms with Crippen molar-refractivity contribution < 1.29 is 14.1 Å². The lowest BCUT2D eigenvalue weighted by atomic mass is 9.88. The van der Waals surface area contributed by atoms with E-state index in [1.165, 1.54) is 6.42 Å². The maximum Gasteiger partial charge on any atom is 0.258 e. The van der Waals surface area contributed by atoms with E-state index in [0.717, 1.165) is 42.5 Å². The minimum atomic E-state index is 0.0945. The molecule has 1 amide bonds. The van der Waals surface area contributed by atoms with Gasteiger partial charge in [-0.05, 0) is 43.2 Å². The zero-order valence-corrected chi connectivity index (χ0v) is 15.9. The zero-order chi connectivity index (χ0) is 19.3. The normalized spacial score (nSPS) is 14.6. The number of carbonyl (C=O) groups excluding carboxylic acids is 1. The number of anilines is 1. The van der Waals surface area contributed by atoms with Crippen LogP contribution in [0.5, 0.6) is 5.75 Å². The van der Waals surface area contributed by atoms with Crippen LogP contribution < -0.4 is 10.1 Å². The third-order valence-corrected chi connectivity index (χ3v) is 5.13. The van der Waals surface area contributed by atoms with E-state index in [2.05, 4.69) is 15.5 Å². The predicted molar refractivity (Wildman–Crippen MR) is 107 cm³/mol. The van der Waals surface area contributed by atoms with Crippen molar-refractivity contribution in [2.75, 3.05) is 12.4 Å². The smallest absolute Gasteiger partial charge is 0.258 e. The fourth-order valence-electron chi connectivity index (χ4n) is 3.62. The largest absolute Gasteiger partial charge is 0.496 e. The third kappa shape index (κ3) is 3.91. The van der Waals surface area contributed by atoms with Crippen molar-refractivity contribution in [3.05, 3.63) is 48.5 Å². The fourth-order valence-corrected chi connectivity index (χ4v) is 3.62. The molecule has 0 aliphatic heterocycles. The SMILES string of the molecule is COc1ccccc1-c1noc(-c2cccc(NC(=O)C3CCCCC3)c2)n1. The van der Waals surface area contributed by atoms with Crippen LogP contribution in [0.25, 0.3) is 22.8 Å². The molecule has 1 N–H and O–H groups in total. The van der Waals surface area contributed by atoms with Crippen LogP contribution in [-0.2, 0) is 4.79 Å². The number of carbonyl (C=O) groups is 1. The summed E-state index contributed by atoms with van der Waals surface area (Å²) in [6.45, 7) is 0. The summed E-state index contributed by atoms with van der Waals surface area (Å²) in [4.78, 5) is 17.0. The number of methoxy groups -OCH3 is 1. The Morgan fingerprint density at radius 2 is 1.93 bits per heavy atom. The average molecular weight is 377 g/mol. The quantitative estimate of drug-likeness (QED) is 0.682. The van der Waals surface area contributed by atoms with Crippen molar-refractivity contribution in [2.24, 2.45) is 5.92 Å². The summed E-state index contributed by atoms with van der Waals surface area (Å²) < 4.78 is 10.8. The Morgan fingerprint density at radius 1 is 1.11 bits per heavy atom. The van der Waals surface area contributed by atoms with E-state index in [1.54, 1.807) is 7.11 Å². The Balaban J connectivity index is 1.53. The van der Waals surface area contributed by atoms with Gasteiger partial charge >= 0.3 is 0 Å². The van der Waals surface area contributed by atoms with Gasteiger partial charge in [0.05, 0.1) is 12.7 Å². The number of rotatable bonds is 5. The van der Waals surface area contributed by atoms with Crippen LogP contribution in [0.4, 0.5) is 5.69 Å². The first-order valence-electron chi connectivity index (χ1n) is 9.63. The van der Waals surface area contributed by atoms with Crippen LogP contribution >= 0.6 is 0 Å². The molecule has 28 heavy (non-hydrogen) atoms. The Bertz CT molecular complexity index is 961. The number of hydrogen-bond donors (Lipinski definition) is 1. The van der Waals surface area contributed by atoms with Crippen LogP contribution in [0.2, 0.25) is 0 Å². The molecule has 0 atom stereocenters. The van der Waals surface area contributed by atoms with E-state index >= 15 is 0 Å². The van der Waals surface area contributed by atoms with Gasteiger partial charge in [0.15, 0.2) is 0 Å². The fraction of sp³-hybridized carbons (Fsp3) is 0.318. The molecule has 1 heterocycles. The molecule has 1 aliphatic rings. The molecule has 1 fully saturated rings. The van der Waals surface area contributed by atoms with Gasteiger partial charge in [-0.1, -0.05) is 42.6 Å². The minimum Gasteiger partial charge on any atom is -0.496 e. The first-order chi connectivity index (χ1) is 13.7. The lowest BCUT2D eigenvalue weighted by Crippen LogP contribution is -2.24. The van der Waals surface area contributed by atoms with E-state index in [0.29, 0.717) is 17.5 Å². The van der Waals surface area contributed by atoms with E-state index in [4.69, 9.17) is 9.26 Å². The lowest BCUT2D eigenvalue weighted by molar-refractivity contribution is -0.120. The highest BCUT2D eigenvalue weighted by atomic mass is 16.5. The van der Waals surface area contributed by atoms with Crippen molar-refractivity contribution in [1.29, 1.82) is 0 Å². The summed E-state index contributed by atoms with van der Waals surface area (Å²) in [5.41, 5.74) is 2.27. The first kappa shape index (κ1) is 18.2. The lowest BCUT2D eigenvalue weighted by Gasteiger charge is -2.20. The van der Waals surface area contributed by atoms with Crippen LogP contribution in [0.3, 0.4) is 0 Å². The Labute approximate surface area is 163 Å². The second kappa shape index (κ2) is 8.25. The van der Waals surface area contributed by atoms with Gasteiger partial charge in [0.2, 0.25) is 11.7 Å². The molecule has 0 radical (unpaired) electrons. The molecule has 1 aromatic heterocycles. The maximum absolute atomic E-state index is 12.5. The van der Waals surface area contributed by atoms with Gasteiger partial charge in [-0.3, -0.25) is 4.79 Å². The minimum absolute atomic E-state index is 0.0945. The molecule has 0 saturated heterocycles. The van der Waals surface area contributed by atoms with Gasteiger partial charge in [-0.15, -0.1) is 0 Å². The molecule has 6 heteroatoms. The predicted octanol–water partition coefficient (Wildman–Crippen LogP) is 4.93. The average Bonchev–Trinajstić information content (AvgIpc) is 3.25. The molecule has 2 aromatic carbocycles. The second-order valence-electron chi connectivity index (χ2n) is 7.03. The van der Waals surface area contributed by atoms with E-state index in [-0.39, 0.29) is 11.8 Å². The number of nitrogens with one attached hydrogen (secondary N) is 1. The number of amides is 1. The van der Waals surface area contributed by atoms with Gasteiger partial charge in [-0.25, -0.2) is 0 Å². The molecule has 4 rings (SSSR count). The molecule has 144 valence electrons. The standard InChI is InChI=1S/C22H23N3O3/c1-27-19-13-6-5-12-18(19)20-24-22(28-25-20)16-10-7-11-17(14-16)23-21(26)15-8-3-2-4-9-15/h5-7,10-15H,2-4,8-9H2,1H3,(H,23,26). The summed E-state index contributed by atoms with van der Waals surface area (Å²) >= 11 is 0. The highest BCUT2D eigenvalue weighted by molar-refractivity contribution is 5.93. The Hall–Kier alpha value is -3.15. The van der Waals surface area contributed by atoms with Gasteiger partial charge < -0.3 is 14.6 Å². The van der Waals surface area contributed by atoms with E-state index in [1.807, 2.05) is 48.5 Å². The first-order valence-corrected chi connectivity index (χ1v) is 9.63. The summed E-state index contributed by atoms with van der Waals surface area (Å²) in [6, 6.07) is 15.0. The molecule has 1 aliphatic carbocycles. The van der Waals surface area contributed by atoms with Crippen molar-refractivity contribution in [2.45, 2.75) is 32.1 Å². The second-order valence-corrected chi connectivity index (χ2v) is 7.03. The molecule has 3 aromatic rings. The van der Waals surface area contributed by atoms with E-state index < -0.39 is 0 Å². The monoisotopic (exact) mass is 377 g/mol. The van der Waals surface area contributed by atoms with Crippen LogP contribution in [-0.4, -0.2) is 23.2 Å². The van der Waals surface area contributed by atoms with E-state index in [9.17, 15) is 4.79 Å². The Kier molecular flexibility index (Phi) is 5.37. The van der Waals surface area contributed by atoms with Crippen LogP contribution in [0, 0.1) is 5.92 Å². The zero-order valence-electron chi connectivity index (χ0n) is 15.9. The molecule has 6 nitrogen and oxygen atoms in total. The van der Waals surface area contributed by atoms with Gasteiger partial charge in [-0.2, -0.15) is 4.98 Å². The summed E-state index contributed by atoms with van der Waals surface area (Å²) in [5.74, 6) is 1.75. The molecule has 0 unspecified atom stereocenters. The van der Waals surface area contributed by atoms with Crippen molar-refractivity contribution in [1.82, 2.24) is 10.1 Å². The van der Waals surface area contributed by atoms with Crippen LogP contribution in [0.15, 0.2) is 53.1 Å². The number of benzene rings is 2. The number of hydrogen-bond acceptors (Lipinski definition) is 5. The molecular formula is C22H23N3O3. The molecular weight excluding hydrogens is 354 g/mol. The highest BCUT2D eigenvalue weighted by Crippen LogP contribution is 2.30. The number of para-hydroxylation sites is 1. The molecule has 1 saturated carbocycles. The van der Waals surface area contributed by atoms with Crippen molar-refractivity contribution in [3.8, 4) is 28.6 Å². The number of ether oxygens (including phenoxy) is 1. The van der Waals surface area contributed by atoms with Crippen molar-refractivity contribution >= 4 is 11.6 Å². The Morgan fingerprint density at radius 3 is 2.75 bits per heavy atom. The summed E-state index contributed by atoms with van der Waals surface area (Å²) in [6.07, 6.45) is 5.43. The summed E-state index contributed by atoms with van der Waals surface area (Å²) in [5, 5.41) is 7.11. The topological polar surface area (TPSA) is 77.3 Å².